The van der Waals surface area contributed by atoms with Crippen LogP contribution in [0.2, 0.25) is 0 Å². The summed E-state index contributed by atoms with van der Waals surface area (Å²) >= 11 is 1.61. The minimum atomic E-state index is -0.588. The van der Waals surface area contributed by atoms with Crippen molar-refractivity contribution in [3.8, 4) is 0 Å². The molecule has 0 bridgehead atoms. The molecule has 0 aliphatic rings. The number of amides is 1. The van der Waals surface area contributed by atoms with Gasteiger partial charge in [0.2, 0.25) is 5.91 Å². The third-order valence-electron chi connectivity index (χ3n) is 2.47. The number of aromatic nitrogens is 2. The van der Waals surface area contributed by atoms with Gasteiger partial charge in [0.25, 0.3) is 5.56 Å². The van der Waals surface area contributed by atoms with E-state index in [9.17, 15) is 14.4 Å². The second kappa shape index (κ2) is 5.66. The molecule has 0 aliphatic heterocycles. The fraction of sp³-hybridized carbons (Fsp3) is 0.250. The average molecular weight is 279 g/mol. The van der Waals surface area contributed by atoms with Crippen molar-refractivity contribution in [3.63, 3.8) is 0 Å². The number of aromatic amines is 1. The number of carbonyl (C=O) groups is 1. The van der Waals surface area contributed by atoms with Crippen LogP contribution in [-0.2, 0) is 17.9 Å². The molecular formula is C12H13N3O3S. The molecule has 2 rings (SSSR count). The minimum absolute atomic E-state index is 0.111. The fourth-order valence-electron chi connectivity index (χ4n) is 1.55. The lowest BCUT2D eigenvalue weighted by Gasteiger charge is -2.05. The molecule has 7 heteroatoms. The van der Waals surface area contributed by atoms with E-state index in [1.165, 1.54) is 17.1 Å². The summed E-state index contributed by atoms with van der Waals surface area (Å²) in [6.45, 7) is 2.32. The maximum atomic E-state index is 11.7. The third kappa shape index (κ3) is 3.65. The zero-order chi connectivity index (χ0) is 13.8. The van der Waals surface area contributed by atoms with Gasteiger partial charge in [-0.1, -0.05) is 0 Å². The number of nitrogens with one attached hydrogen (secondary N) is 2. The monoisotopic (exact) mass is 279 g/mol. The number of hydrogen-bond donors (Lipinski definition) is 2. The number of rotatable bonds is 4. The van der Waals surface area contributed by atoms with Crippen LogP contribution in [0.1, 0.15) is 9.75 Å². The molecular weight excluding hydrogens is 266 g/mol. The first-order chi connectivity index (χ1) is 9.04. The van der Waals surface area contributed by atoms with E-state index in [1.807, 2.05) is 19.1 Å². The highest BCUT2D eigenvalue weighted by molar-refractivity contribution is 7.11. The van der Waals surface area contributed by atoms with E-state index in [0.717, 1.165) is 9.44 Å². The van der Waals surface area contributed by atoms with Crippen molar-refractivity contribution < 1.29 is 4.79 Å². The van der Waals surface area contributed by atoms with Crippen LogP contribution in [0.15, 0.2) is 34.0 Å². The molecule has 0 spiro atoms. The van der Waals surface area contributed by atoms with E-state index in [2.05, 4.69) is 10.3 Å². The van der Waals surface area contributed by atoms with Gasteiger partial charge in [0.05, 0.1) is 6.54 Å². The fourth-order valence-corrected chi connectivity index (χ4v) is 2.38. The summed E-state index contributed by atoms with van der Waals surface area (Å²) in [6, 6.07) is 5.14. The number of H-pyrrole nitrogens is 1. The smallest absolute Gasteiger partial charge is 0.328 e. The molecule has 0 radical (unpaired) electrons. The topological polar surface area (TPSA) is 84.0 Å². The minimum Gasteiger partial charge on any atom is -0.350 e. The molecule has 2 N–H and O–H groups in total. The molecule has 0 fully saturated rings. The average Bonchev–Trinajstić information content (AvgIpc) is 2.76. The van der Waals surface area contributed by atoms with Crippen LogP contribution in [0.3, 0.4) is 0 Å². The van der Waals surface area contributed by atoms with Crippen molar-refractivity contribution >= 4 is 17.2 Å². The Labute approximate surface area is 112 Å². The van der Waals surface area contributed by atoms with Crippen LogP contribution in [0.5, 0.6) is 0 Å². The van der Waals surface area contributed by atoms with Gasteiger partial charge in [-0.2, -0.15) is 0 Å². The Hall–Kier alpha value is -2.15. The third-order valence-corrected chi connectivity index (χ3v) is 3.47. The van der Waals surface area contributed by atoms with Gasteiger partial charge < -0.3 is 5.32 Å². The van der Waals surface area contributed by atoms with Crippen LogP contribution in [0, 0.1) is 6.92 Å². The molecule has 19 heavy (non-hydrogen) atoms. The van der Waals surface area contributed by atoms with Crippen LogP contribution in [0.25, 0.3) is 0 Å². The number of aryl methyl sites for hydroxylation is 1. The molecule has 0 saturated heterocycles. The largest absolute Gasteiger partial charge is 0.350 e. The molecule has 0 saturated carbocycles. The van der Waals surface area contributed by atoms with E-state index in [0.29, 0.717) is 6.54 Å². The van der Waals surface area contributed by atoms with E-state index >= 15 is 0 Å². The van der Waals surface area contributed by atoms with Crippen molar-refractivity contribution in [1.82, 2.24) is 14.9 Å². The van der Waals surface area contributed by atoms with Gasteiger partial charge >= 0.3 is 5.69 Å². The first kappa shape index (κ1) is 13.3. The zero-order valence-corrected chi connectivity index (χ0v) is 11.1. The number of nitrogens with zero attached hydrogens (tertiary/aromatic N) is 1. The van der Waals surface area contributed by atoms with E-state index in [1.54, 1.807) is 11.3 Å². The Morgan fingerprint density at radius 2 is 2.16 bits per heavy atom. The highest BCUT2D eigenvalue weighted by atomic mass is 32.1. The predicted octanol–water partition coefficient (Wildman–Crippen LogP) is 0.223. The van der Waals surface area contributed by atoms with Crippen molar-refractivity contribution in [1.29, 1.82) is 0 Å². The van der Waals surface area contributed by atoms with E-state index in [4.69, 9.17) is 0 Å². The Morgan fingerprint density at radius 1 is 1.37 bits per heavy atom. The maximum Gasteiger partial charge on any atom is 0.328 e. The lowest BCUT2D eigenvalue weighted by Crippen LogP contribution is -2.35. The summed E-state index contributed by atoms with van der Waals surface area (Å²) in [5, 5.41) is 2.72. The van der Waals surface area contributed by atoms with E-state index < -0.39 is 11.2 Å². The summed E-state index contributed by atoms with van der Waals surface area (Å²) in [4.78, 5) is 38.3. The van der Waals surface area contributed by atoms with Gasteiger partial charge in [0.1, 0.15) is 6.54 Å². The molecule has 6 nitrogen and oxygen atoms in total. The quantitative estimate of drug-likeness (QED) is 0.840. The van der Waals surface area contributed by atoms with Crippen LogP contribution >= 0.6 is 11.3 Å². The summed E-state index contributed by atoms with van der Waals surface area (Å²) < 4.78 is 1.15. The summed E-state index contributed by atoms with van der Waals surface area (Å²) in [5.74, 6) is -0.278. The van der Waals surface area contributed by atoms with Crippen LogP contribution in [0.4, 0.5) is 0 Å². The standard InChI is InChI=1S/C12H13N3O3S/c1-8-2-3-9(19-8)6-13-11(17)7-15-5-4-10(16)14-12(15)18/h2-5H,6-7H2,1H3,(H,13,17)(H,14,16,18). The van der Waals surface area contributed by atoms with Crippen molar-refractivity contribution in [2.24, 2.45) is 0 Å². The van der Waals surface area contributed by atoms with Gasteiger partial charge in [0.15, 0.2) is 0 Å². The van der Waals surface area contributed by atoms with Crippen LogP contribution in [-0.4, -0.2) is 15.5 Å². The Bertz CT molecular complexity index is 698. The van der Waals surface area contributed by atoms with Gasteiger partial charge in [-0.25, -0.2) is 4.79 Å². The molecule has 2 aromatic rings. The lowest BCUT2D eigenvalue weighted by atomic mass is 10.4. The number of thiophene rings is 1. The SMILES string of the molecule is Cc1ccc(CNC(=O)Cn2ccc(=O)[nH]c2=O)s1. The van der Waals surface area contributed by atoms with E-state index in [-0.39, 0.29) is 12.5 Å². The molecule has 1 amide bonds. The molecule has 0 atom stereocenters. The van der Waals surface area contributed by atoms with Gasteiger partial charge in [-0.05, 0) is 19.1 Å². The van der Waals surface area contributed by atoms with Gasteiger partial charge in [-0.3, -0.25) is 19.1 Å². The summed E-state index contributed by atoms with van der Waals surface area (Å²) in [6.07, 6.45) is 1.30. The van der Waals surface area contributed by atoms with Crippen molar-refractivity contribution in [2.45, 2.75) is 20.0 Å². The van der Waals surface area contributed by atoms with Gasteiger partial charge in [0, 0.05) is 22.0 Å². The lowest BCUT2D eigenvalue weighted by molar-refractivity contribution is -0.121. The Balaban J connectivity index is 1.94. The molecule has 0 aromatic carbocycles. The highest BCUT2D eigenvalue weighted by Crippen LogP contribution is 2.14. The Morgan fingerprint density at radius 3 is 2.79 bits per heavy atom. The predicted molar refractivity (Wildman–Crippen MR) is 72.2 cm³/mol. The number of hydrogen-bond acceptors (Lipinski definition) is 4. The number of carbonyl (C=O) groups excluding carboxylic acids is 1. The molecule has 0 aliphatic carbocycles. The summed E-state index contributed by atoms with van der Waals surface area (Å²) in [7, 11) is 0. The first-order valence-electron chi connectivity index (χ1n) is 5.66. The Kier molecular flexibility index (Phi) is 3.96. The molecule has 100 valence electrons. The summed E-state index contributed by atoms with van der Waals surface area (Å²) in [5.41, 5.74) is -1.06. The normalized spacial score (nSPS) is 10.4. The second-order valence-electron chi connectivity index (χ2n) is 4.03. The van der Waals surface area contributed by atoms with Crippen LogP contribution < -0.4 is 16.6 Å². The molecule has 2 aromatic heterocycles. The van der Waals surface area contributed by atoms with Gasteiger partial charge in [-0.15, -0.1) is 11.3 Å². The van der Waals surface area contributed by atoms with Crippen molar-refractivity contribution in [3.05, 3.63) is 55.0 Å². The second-order valence-corrected chi connectivity index (χ2v) is 5.40. The maximum absolute atomic E-state index is 11.7. The molecule has 2 heterocycles. The highest BCUT2D eigenvalue weighted by Gasteiger charge is 2.05. The first-order valence-corrected chi connectivity index (χ1v) is 6.48. The molecule has 0 unspecified atom stereocenters. The van der Waals surface area contributed by atoms with Crippen molar-refractivity contribution in [2.75, 3.05) is 0 Å². The zero-order valence-electron chi connectivity index (χ0n) is 10.3.